The quantitative estimate of drug-likeness (QED) is 0.216. The highest BCUT2D eigenvalue weighted by Crippen LogP contribution is 2.53. The molecule has 0 bridgehead atoms. The van der Waals surface area contributed by atoms with Crippen molar-refractivity contribution in [3.05, 3.63) is 46.1 Å². The smallest absolute Gasteiger partial charge is 0.305 e. The lowest BCUT2D eigenvalue weighted by atomic mass is 9.56. The fourth-order valence-electron chi connectivity index (χ4n) is 5.47. The molecular formula is C31H52O2. The standard InChI is InChI=1S/C31H52O2/c1-23(2)13-10-14-25(5)15-11-16-26(6)17-12-22-31(8)27(7)18-19-28(24(3)4)29(31)20-21-30(32)33-9/h13,15,17,27,29H,10-12,14,16,18-22H2,1-9H3/b25-15+,26-17+/t27-,29-,31-/m1/s1. The van der Waals surface area contributed by atoms with Crippen LogP contribution in [0.2, 0.25) is 0 Å². The van der Waals surface area contributed by atoms with E-state index in [-0.39, 0.29) is 11.4 Å². The van der Waals surface area contributed by atoms with Gasteiger partial charge in [0, 0.05) is 6.42 Å². The molecule has 2 nitrogen and oxygen atoms in total. The first kappa shape index (κ1) is 29.5. The summed E-state index contributed by atoms with van der Waals surface area (Å²) >= 11 is 0. The van der Waals surface area contributed by atoms with Gasteiger partial charge in [-0.3, -0.25) is 4.79 Å². The second-order valence-corrected chi connectivity index (χ2v) is 11.1. The Balaban J connectivity index is 2.75. The minimum Gasteiger partial charge on any atom is -0.469 e. The summed E-state index contributed by atoms with van der Waals surface area (Å²) in [6, 6.07) is 0. The van der Waals surface area contributed by atoms with Gasteiger partial charge in [0.1, 0.15) is 0 Å². The molecule has 188 valence electrons. The summed E-state index contributed by atoms with van der Waals surface area (Å²) < 4.78 is 4.96. The van der Waals surface area contributed by atoms with Gasteiger partial charge in [-0.15, -0.1) is 0 Å². The van der Waals surface area contributed by atoms with E-state index in [1.165, 1.54) is 55.1 Å². The van der Waals surface area contributed by atoms with Crippen molar-refractivity contribution in [1.29, 1.82) is 0 Å². The lowest BCUT2D eigenvalue weighted by Gasteiger charge is -2.49. The highest BCUT2D eigenvalue weighted by Gasteiger charge is 2.43. The molecule has 0 saturated heterocycles. The minimum atomic E-state index is -0.0800. The van der Waals surface area contributed by atoms with E-state index >= 15 is 0 Å². The maximum atomic E-state index is 11.9. The van der Waals surface area contributed by atoms with E-state index in [2.05, 4.69) is 73.6 Å². The van der Waals surface area contributed by atoms with Crippen molar-refractivity contribution in [2.75, 3.05) is 7.11 Å². The van der Waals surface area contributed by atoms with Gasteiger partial charge in [0.25, 0.3) is 0 Å². The molecule has 0 heterocycles. The van der Waals surface area contributed by atoms with Crippen molar-refractivity contribution < 1.29 is 9.53 Å². The molecule has 0 aromatic rings. The third kappa shape index (κ3) is 10.1. The van der Waals surface area contributed by atoms with E-state index in [1.807, 2.05) is 0 Å². The molecule has 3 atom stereocenters. The first-order valence-electron chi connectivity index (χ1n) is 13.2. The number of hydrogen-bond donors (Lipinski definition) is 0. The average molecular weight is 457 g/mol. The molecule has 1 rings (SSSR count). The molecule has 1 aliphatic carbocycles. The van der Waals surface area contributed by atoms with E-state index in [0.717, 1.165) is 32.1 Å². The SMILES string of the molecule is COC(=O)CC[C@@H]1C(=C(C)C)CC[C@@H](C)[C@@]1(C)CC/C=C(\C)CC/C=C(\C)CCC=C(C)C. The zero-order valence-electron chi connectivity index (χ0n) is 23.3. The molecule has 0 radical (unpaired) electrons. The van der Waals surface area contributed by atoms with Crippen molar-refractivity contribution in [3.8, 4) is 0 Å². The highest BCUT2D eigenvalue weighted by molar-refractivity contribution is 5.69. The van der Waals surface area contributed by atoms with Gasteiger partial charge in [-0.05, 0) is 117 Å². The first-order valence-corrected chi connectivity index (χ1v) is 13.2. The maximum Gasteiger partial charge on any atom is 0.305 e. The average Bonchev–Trinajstić information content (AvgIpc) is 2.74. The van der Waals surface area contributed by atoms with Gasteiger partial charge in [0.05, 0.1) is 7.11 Å². The van der Waals surface area contributed by atoms with Crippen LogP contribution in [0.3, 0.4) is 0 Å². The maximum absolute atomic E-state index is 11.9. The Labute approximate surface area is 205 Å². The molecule has 0 spiro atoms. The fourth-order valence-corrected chi connectivity index (χ4v) is 5.47. The van der Waals surface area contributed by atoms with Crippen LogP contribution in [0.25, 0.3) is 0 Å². The van der Waals surface area contributed by atoms with E-state index < -0.39 is 0 Å². The third-order valence-corrected chi connectivity index (χ3v) is 7.99. The predicted octanol–water partition coefficient (Wildman–Crippen LogP) is 9.53. The molecular weight excluding hydrogens is 404 g/mol. The van der Waals surface area contributed by atoms with E-state index in [1.54, 1.807) is 5.57 Å². The van der Waals surface area contributed by atoms with Crippen molar-refractivity contribution in [3.63, 3.8) is 0 Å². The Kier molecular flexibility index (Phi) is 13.1. The summed E-state index contributed by atoms with van der Waals surface area (Å²) in [5.74, 6) is 1.07. The first-order chi connectivity index (χ1) is 15.5. The van der Waals surface area contributed by atoms with Crippen LogP contribution in [-0.2, 0) is 9.53 Å². The van der Waals surface area contributed by atoms with Gasteiger partial charge in [-0.2, -0.15) is 0 Å². The fraction of sp³-hybridized carbons (Fsp3) is 0.710. The molecule has 0 aliphatic heterocycles. The van der Waals surface area contributed by atoms with Crippen LogP contribution in [-0.4, -0.2) is 13.1 Å². The summed E-state index contributed by atoms with van der Waals surface area (Å²) in [7, 11) is 1.50. The van der Waals surface area contributed by atoms with Crippen molar-refractivity contribution >= 4 is 5.97 Å². The molecule has 0 amide bonds. The second kappa shape index (κ2) is 14.6. The van der Waals surface area contributed by atoms with Gasteiger partial charge in [0.2, 0.25) is 0 Å². The summed E-state index contributed by atoms with van der Waals surface area (Å²) in [5.41, 5.74) is 7.69. The van der Waals surface area contributed by atoms with E-state index in [9.17, 15) is 4.79 Å². The van der Waals surface area contributed by atoms with Crippen molar-refractivity contribution in [2.24, 2.45) is 17.3 Å². The number of carbonyl (C=O) groups excluding carboxylic acids is 1. The Hall–Kier alpha value is -1.57. The summed E-state index contributed by atoms with van der Waals surface area (Å²) in [6.45, 7) is 18.3. The topological polar surface area (TPSA) is 26.3 Å². The number of rotatable bonds is 12. The predicted molar refractivity (Wildman–Crippen MR) is 144 cm³/mol. The Morgan fingerprint density at radius 1 is 0.939 bits per heavy atom. The molecule has 1 aliphatic rings. The molecule has 0 aromatic carbocycles. The van der Waals surface area contributed by atoms with Crippen LogP contribution in [0, 0.1) is 17.3 Å². The summed E-state index contributed by atoms with van der Waals surface area (Å²) in [6.07, 6.45) is 18.0. The van der Waals surface area contributed by atoms with Crippen LogP contribution >= 0.6 is 0 Å². The van der Waals surface area contributed by atoms with Crippen LogP contribution < -0.4 is 0 Å². The van der Waals surface area contributed by atoms with Crippen LogP contribution in [0.4, 0.5) is 0 Å². The molecule has 2 heteroatoms. The highest BCUT2D eigenvalue weighted by atomic mass is 16.5. The van der Waals surface area contributed by atoms with Gasteiger partial charge in [-0.25, -0.2) is 0 Å². The summed E-state index contributed by atoms with van der Waals surface area (Å²) in [5, 5.41) is 0. The monoisotopic (exact) mass is 456 g/mol. The van der Waals surface area contributed by atoms with Crippen LogP contribution in [0.15, 0.2) is 46.1 Å². The van der Waals surface area contributed by atoms with Crippen molar-refractivity contribution in [2.45, 2.75) is 120 Å². The zero-order chi connectivity index (χ0) is 25.0. The zero-order valence-corrected chi connectivity index (χ0v) is 23.3. The van der Waals surface area contributed by atoms with Crippen molar-refractivity contribution in [1.82, 2.24) is 0 Å². The molecule has 0 aromatic heterocycles. The second-order valence-electron chi connectivity index (χ2n) is 11.1. The van der Waals surface area contributed by atoms with E-state index in [4.69, 9.17) is 4.74 Å². The van der Waals surface area contributed by atoms with Crippen LogP contribution in [0.1, 0.15) is 120 Å². The molecule has 0 unspecified atom stereocenters. The number of allylic oxidation sites excluding steroid dienone is 8. The van der Waals surface area contributed by atoms with Gasteiger partial charge >= 0.3 is 5.97 Å². The molecule has 1 fully saturated rings. The Morgan fingerprint density at radius 3 is 2.06 bits per heavy atom. The lowest BCUT2D eigenvalue weighted by Crippen LogP contribution is -2.39. The van der Waals surface area contributed by atoms with E-state index in [0.29, 0.717) is 18.3 Å². The molecule has 0 N–H and O–H groups in total. The summed E-state index contributed by atoms with van der Waals surface area (Å²) in [4.78, 5) is 11.9. The number of methoxy groups -OCH3 is 1. The number of ether oxygens (including phenoxy) is 1. The largest absolute Gasteiger partial charge is 0.469 e. The Morgan fingerprint density at radius 2 is 1.52 bits per heavy atom. The van der Waals surface area contributed by atoms with Gasteiger partial charge < -0.3 is 4.74 Å². The van der Waals surface area contributed by atoms with Crippen LogP contribution in [0.5, 0.6) is 0 Å². The number of esters is 1. The number of carbonyl (C=O) groups is 1. The Bertz CT molecular complexity index is 741. The molecule has 1 saturated carbocycles. The normalized spacial score (nSPS) is 24.0. The lowest BCUT2D eigenvalue weighted by molar-refractivity contribution is -0.141. The molecule has 33 heavy (non-hydrogen) atoms. The third-order valence-electron chi connectivity index (χ3n) is 7.99. The number of hydrogen-bond acceptors (Lipinski definition) is 2. The van der Waals surface area contributed by atoms with Gasteiger partial charge in [0.15, 0.2) is 0 Å². The minimum absolute atomic E-state index is 0.0800. The van der Waals surface area contributed by atoms with Gasteiger partial charge in [-0.1, -0.05) is 59.9 Å².